The molecule has 1 aromatic heterocycles. The Balaban J connectivity index is 2.03. The second-order valence-corrected chi connectivity index (χ2v) is 8.74. The molecule has 0 unspecified atom stereocenters. The molecule has 0 aliphatic rings. The highest BCUT2D eigenvalue weighted by molar-refractivity contribution is 14.1. The molecule has 0 saturated carbocycles. The van der Waals surface area contributed by atoms with Crippen LogP contribution in [0.1, 0.15) is 38.6 Å². The van der Waals surface area contributed by atoms with Crippen LogP contribution in [0.5, 0.6) is 5.75 Å². The minimum atomic E-state index is -0.166. The Morgan fingerprint density at radius 1 is 1.29 bits per heavy atom. The molecule has 0 N–H and O–H groups in total. The third-order valence-corrected chi connectivity index (χ3v) is 5.33. The average Bonchev–Trinajstić information content (AvgIpc) is 2.64. The van der Waals surface area contributed by atoms with Crippen LogP contribution in [-0.4, -0.2) is 22.0 Å². The topological polar surface area (TPSA) is 56.5 Å². The smallest absolute Gasteiger partial charge is 0.282 e. The fourth-order valence-electron chi connectivity index (χ4n) is 2.77. The van der Waals surface area contributed by atoms with Gasteiger partial charge in [-0.05, 0) is 84.8 Å². The number of aromatic nitrogens is 2. The van der Waals surface area contributed by atoms with Gasteiger partial charge in [-0.25, -0.2) is 4.98 Å². The molecule has 0 radical (unpaired) electrons. The molecule has 0 bridgehead atoms. The van der Waals surface area contributed by atoms with Crippen molar-refractivity contribution in [2.75, 3.05) is 0 Å². The van der Waals surface area contributed by atoms with Crippen LogP contribution in [0, 0.1) is 3.57 Å². The molecule has 146 valence electrons. The van der Waals surface area contributed by atoms with Crippen LogP contribution in [0.15, 0.2) is 50.8 Å². The second-order valence-electron chi connectivity index (χ2n) is 6.66. The van der Waals surface area contributed by atoms with Crippen LogP contribution in [-0.2, 0) is 6.42 Å². The zero-order valence-electron chi connectivity index (χ0n) is 15.9. The molecule has 7 heteroatoms. The van der Waals surface area contributed by atoms with Gasteiger partial charge in [0.25, 0.3) is 5.56 Å². The molecule has 0 atom stereocenters. The fraction of sp³-hybridized carbons (Fsp3) is 0.286. The van der Waals surface area contributed by atoms with Crippen LogP contribution in [0.2, 0.25) is 0 Å². The van der Waals surface area contributed by atoms with Gasteiger partial charge < -0.3 is 4.74 Å². The number of hydrogen-bond donors (Lipinski definition) is 0. The Labute approximate surface area is 186 Å². The molecule has 28 heavy (non-hydrogen) atoms. The Bertz CT molecular complexity index is 1090. The first kappa shape index (κ1) is 21.0. The maximum absolute atomic E-state index is 13.0. The molecule has 3 aromatic rings. The second kappa shape index (κ2) is 9.17. The van der Waals surface area contributed by atoms with E-state index in [9.17, 15) is 4.79 Å². The Morgan fingerprint density at radius 3 is 2.75 bits per heavy atom. The van der Waals surface area contributed by atoms with Gasteiger partial charge in [0.2, 0.25) is 0 Å². The van der Waals surface area contributed by atoms with E-state index in [4.69, 9.17) is 4.74 Å². The van der Waals surface area contributed by atoms with Gasteiger partial charge >= 0.3 is 0 Å². The summed E-state index contributed by atoms with van der Waals surface area (Å²) < 4.78 is 9.01. The monoisotopic (exact) mass is 553 g/mol. The number of fused-ring (bicyclic) bond motifs is 1. The first-order valence-electron chi connectivity index (χ1n) is 9.10. The molecule has 0 fully saturated rings. The van der Waals surface area contributed by atoms with E-state index < -0.39 is 0 Å². The Hall–Kier alpha value is -1.74. The van der Waals surface area contributed by atoms with E-state index in [0.29, 0.717) is 23.1 Å². The number of rotatable bonds is 6. The zero-order valence-corrected chi connectivity index (χ0v) is 19.7. The molecule has 0 saturated heterocycles. The number of halogens is 2. The van der Waals surface area contributed by atoms with Crippen molar-refractivity contribution in [1.82, 2.24) is 9.66 Å². The minimum absolute atomic E-state index is 0.117. The van der Waals surface area contributed by atoms with Crippen LogP contribution in [0.25, 0.3) is 10.9 Å². The predicted octanol–water partition coefficient (Wildman–Crippen LogP) is 5.39. The number of hydrogen-bond acceptors (Lipinski definition) is 4. The molecule has 2 aromatic carbocycles. The summed E-state index contributed by atoms with van der Waals surface area (Å²) in [6, 6.07) is 11.4. The van der Waals surface area contributed by atoms with Crippen LogP contribution in [0.3, 0.4) is 0 Å². The van der Waals surface area contributed by atoms with Gasteiger partial charge in [-0.2, -0.15) is 9.78 Å². The van der Waals surface area contributed by atoms with Gasteiger partial charge in [0.05, 0.1) is 26.8 Å². The van der Waals surface area contributed by atoms with E-state index >= 15 is 0 Å². The standard InChI is InChI=1S/C21H21BrIN3O2/c1-4-5-20-25-18-8-7-15(22)11-16(18)21(27)26(20)24-12-14-6-9-19(17(23)10-14)28-13(2)3/h6-13H,4-5H2,1-3H3. The van der Waals surface area contributed by atoms with Crippen LogP contribution in [0.4, 0.5) is 0 Å². The summed E-state index contributed by atoms with van der Waals surface area (Å²) in [5.74, 6) is 1.50. The first-order valence-corrected chi connectivity index (χ1v) is 11.0. The van der Waals surface area contributed by atoms with E-state index in [0.717, 1.165) is 25.8 Å². The molecular formula is C21H21BrIN3O2. The number of aryl methyl sites for hydroxylation is 1. The zero-order chi connectivity index (χ0) is 20.3. The van der Waals surface area contributed by atoms with Crippen molar-refractivity contribution in [3.05, 3.63) is 66.2 Å². The van der Waals surface area contributed by atoms with Crippen molar-refractivity contribution < 1.29 is 4.74 Å². The molecule has 0 aliphatic heterocycles. The van der Waals surface area contributed by atoms with E-state index in [1.54, 1.807) is 12.3 Å². The van der Waals surface area contributed by atoms with Crippen molar-refractivity contribution in [1.29, 1.82) is 0 Å². The van der Waals surface area contributed by atoms with Crippen molar-refractivity contribution in [3.63, 3.8) is 0 Å². The largest absolute Gasteiger partial charge is 0.490 e. The Morgan fingerprint density at radius 2 is 2.07 bits per heavy atom. The average molecular weight is 554 g/mol. The Kier molecular flexibility index (Phi) is 6.87. The van der Waals surface area contributed by atoms with Gasteiger partial charge in [0, 0.05) is 10.9 Å². The van der Waals surface area contributed by atoms with Crippen molar-refractivity contribution in [2.24, 2.45) is 5.10 Å². The van der Waals surface area contributed by atoms with E-state index in [1.165, 1.54) is 4.68 Å². The molecule has 0 spiro atoms. The van der Waals surface area contributed by atoms with Gasteiger partial charge in [0.15, 0.2) is 0 Å². The normalized spacial score (nSPS) is 11.6. The van der Waals surface area contributed by atoms with E-state index in [1.807, 2.05) is 44.2 Å². The summed E-state index contributed by atoms with van der Waals surface area (Å²) in [6.45, 7) is 6.05. The highest BCUT2D eigenvalue weighted by atomic mass is 127. The van der Waals surface area contributed by atoms with Gasteiger partial charge in [0.1, 0.15) is 11.6 Å². The summed E-state index contributed by atoms with van der Waals surface area (Å²) in [4.78, 5) is 17.7. The highest BCUT2D eigenvalue weighted by Gasteiger charge is 2.11. The predicted molar refractivity (Wildman–Crippen MR) is 126 cm³/mol. The number of nitrogens with zero attached hydrogens (tertiary/aromatic N) is 3. The molecule has 3 rings (SSSR count). The molecule has 0 amide bonds. The van der Waals surface area contributed by atoms with Gasteiger partial charge in [-0.1, -0.05) is 22.9 Å². The summed E-state index contributed by atoms with van der Waals surface area (Å²) in [6.07, 6.45) is 3.36. The maximum atomic E-state index is 13.0. The summed E-state index contributed by atoms with van der Waals surface area (Å²) in [5.41, 5.74) is 1.41. The van der Waals surface area contributed by atoms with Gasteiger partial charge in [-0.15, -0.1) is 0 Å². The highest BCUT2D eigenvalue weighted by Crippen LogP contribution is 2.23. The maximum Gasteiger partial charge on any atom is 0.282 e. The lowest BCUT2D eigenvalue weighted by molar-refractivity contribution is 0.240. The third-order valence-electron chi connectivity index (χ3n) is 3.99. The molecule has 5 nitrogen and oxygen atoms in total. The van der Waals surface area contributed by atoms with E-state index in [-0.39, 0.29) is 11.7 Å². The lowest BCUT2D eigenvalue weighted by Gasteiger charge is -2.12. The molecular weight excluding hydrogens is 533 g/mol. The quantitative estimate of drug-likeness (QED) is 0.304. The van der Waals surface area contributed by atoms with Crippen LogP contribution >= 0.6 is 38.5 Å². The lowest BCUT2D eigenvalue weighted by Crippen LogP contribution is -2.22. The third kappa shape index (κ3) is 4.81. The van der Waals surface area contributed by atoms with Gasteiger partial charge in [-0.3, -0.25) is 4.79 Å². The fourth-order valence-corrected chi connectivity index (χ4v) is 3.80. The summed E-state index contributed by atoms with van der Waals surface area (Å²) >= 11 is 5.66. The molecule has 0 aliphatic carbocycles. The van der Waals surface area contributed by atoms with E-state index in [2.05, 4.69) is 55.5 Å². The SMILES string of the molecule is CCCc1nc2ccc(Br)cc2c(=O)n1N=Cc1ccc(OC(C)C)c(I)c1. The minimum Gasteiger partial charge on any atom is -0.490 e. The van der Waals surface area contributed by atoms with Crippen molar-refractivity contribution in [3.8, 4) is 5.75 Å². The van der Waals surface area contributed by atoms with Crippen molar-refractivity contribution in [2.45, 2.75) is 39.7 Å². The first-order chi connectivity index (χ1) is 13.4. The lowest BCUT2D eigenvalue weighted by atomic mass is 10.2. The molecule has 1 heterocycles. The summed E-state index contributed by atoms with van der Waals surface area (Å²) in [7, 11) is 0. The number of ether oxygens (including phenoxy) is 1. The van der Waals surface area contributed by atoms with Crippen LogP contribution < -0.4 is 10.3 Å². The number of benzene rings is 2. The van der Waals surface area contributed by atoms with Crippen molar-refractivity contribution >= 4 is 55.6 Å². The summed E-state index contributed by atoms with van der Waals surface area (Å²) in [5, 5.41) is 5.01.